The predicted octanol–water partition coefficient (Wildman–Crippen LogP) is -0.728. The van der Waals surface area contributed by atoms with Crippen LogP contribution in [0.1, 0.15) is 71.6 Å². The Morgan fingerprint density at radius 3 is 2.48 bits per heavy atom. The van der Waals surface area contributed by atoms with Crippen molar-refractivity contribution in [1.29, 1.82) is 0 Å². The van der Waals surface area contributed by atoms with Gasteiger partial charge < -0.3 is 19.7 Å². The molecule has 0 spiro atoms. The van der Waals surface area contributed by atoms with E-state index < -0.39 is 5.60 Å². The molecule has 1 saturated carbocycles. The van der Waals surface area contributed by atoms with Crippen molar-refractivity contribution >= 4 is 11.6 Å². The quantitative estimate of drug-likeness (QED) is 0.558. The summed E-state index contributed by atoms with van der Waals surface area (Å²) in [5, 5.41) is 19.7. The van der Waals surface area contributed by atoms with Gasteiger partial charge >= 0.3 is 51.4 Å². The number of carbonyl (C=O) groups is 2. The van der Waals surface area contributed by atoms with Crippen molar-refractivity contribution in [3.8, 4) is 0 Å². The summed E-state index contributed by atoms with van der Waals surface area (Å²) >= 11 is 0. The van der Waals surface area contributed by atoms with E-state index in [2.05, 4.69) is 16.6 Å². The minimum absolute atomic E-state index is 0. The number of piperidine rings is 1. The average Bonchev–Trinajstić information content (AvgIpc) is 2.99. The van der Waals surface area contributed by atoms with Crippen molar-refractivity contribution in [2.75, 3.05) is 27.9 Å². The molecular formula is C24H40KNO5. The van der Waals surface area contributed by atoms with E-state index in [0.717, 1.165) is 52.2 Å². The fourth-order valence-electron chi connectivity index (χ4n) is 6.41. The standard InChI is InChI=1S/C21H31NO3.C2H6O.CH3O.K/c1-14(23)7-10-21(25)11-12-22-19-6-3-15-13-16(24)4-5-17(15)18(19)8-9-20(21,22)2;1-3-2;1-2;/h13,17-19,25H,3-12H2,1-2H3;1-2H3;1H3;/q;;-1;+1/t17?,18?,19-,20-,21+;;;/m1.../s1. The summed E-state index contributed by atoms with van der Waals surface area (Å²) < 4.78 is 4.25. The van der Waals surface area contributed by atoms with Crippen LogP contribution in [-0.4, -0.2) is 66.6 Å². The van der Waals surface area contributed by atoms with Crippen LogP contribution in [0.3, 0.4) is 0 Å². The molecule has 0 aromatic heterocycles. The zero-order chi connectivity index (χ0) is 22.5. The van der Waals surface area contributed by atoms with Gasteiger partial charge in [-0.3, -0.25) is 9.69 Å². The van der Waals surface area contributed by atoms with E-state index in [1.807, 2.05) is 6.08 Å². The van der Waals surface area contributed by atoms with Crippen LogP contribution >= 0.6 is 0 Å². The van der Waals surface area contributed by atoms with Gasteiger partial charge in [0.15, 0.2) is 5.78 Å². The Bertz CT molecular complexity index is 654. The second-order valence-corrected chi connectivity index (χ2v) is 9.50. The number of carbonyl (C=O) groups excluding carboxylic acids is 2. The van der Waals surface area contributed by atoms with Gasteiger partial charge in [-0.1, -0.05) is 5.57 Å². The van der Waals surface area contributed by atoms with Crippen LogP contribution < -0.4 is 56.5 Å². The van der Waals surface area contributed by atoms with Crippen LogP contribution in [0.4, 0.5) is 0 Å². The van der Waals surface area contributed by atoms with Crippen LogP contribution in [0.5, 0.6) is 0 Å². The molecule has 0 amide bonds. The molecule has 3 fully saturated rings. The van der Waals surface area contributed by atoms with Crippen LogP contribution in [0.15, 0.2) is 11.6 Å². The van der Waals surface area contributed by atoms with E-state index in [-0.39, 0.29) is 62.7 Å². The first-order chi connectivity index (χ1) is 14.3. The number of nitrogens with zero attached hydrogens (tertiary/aromatic N) is 1. The van der Waals surface area contributed by atoms with Crippen molar-refractivity contribution in [2.24, 2.45) is 11.8 Å². The summed E-state index contributed by atoms with van der Waals surface area (Å²) in [6.07, 6.45) is 9.80. The molecule has 1 N–H and O–H groups in total. The molecule has 4 rings (SSSR count). The third-order valence-electron chi connectivity index (χ3n) is 7.92. The second kappa shape index (κ2) is 12.9. The second-order valence-electron chi connectivity index (χ2n) is 9.50. The van der Waals surface area contributed by atoms with Crippen molar-refractivity contribution < 1.29 is 75.9 Å². The SMILES string of the molecule is CC(=O)CC[C@]1(O)CCN2[C@@H]3CCC4=CC(=O)CCC4C3CC[C@@]21C.COC.C[O-].[K+]. The fourth-order valence-corrected chi connectivity index (χ4v) is 6.41. The number of hydrogen-bond acceptors (Lipinski definition) is 6. The van der Waals surface area contributed by atoms with Gasteiger partial charge in [-0.25, -0.2) is 0 Å². The molecule has 172 valence electrons. The number of aliphatic hydroxyl groups is 1. The molecule has 7 heteroatoms. The number of methoxy groups -OCH3 is 1. The molecule has 4 aliphatic rings. The third-order valence-corrected chi connectivity index (χ3v) is 7.92. The van der Waals surface area contributed by atoms with Crippen LogP contribution in [0.2, 0.25) is 0 Å². The van der Waals surface area contributed by atoms with Crippen molar-refractivity contribution in [3.05, 3.63) is 11.6 Å². The first-order valence-electron chi connectivity index (χ1n) is 11.3. The normalized spacial score (nSPS) is 36.2. The van der Waals surface area contributed by atoms with E-state index in [0.29, 0.717) is 42.9 Å². The summed E-state index contributed by atoms with van der Waals surface area (Å²) in [5.41, 5.74) is 0.463. The van der Waals surface area contributed by atoms with Gasteiger partial charge in [-0.05, 0) is 76.7 Å². The third kappa shape index (κ3) is 6.17. The van der Waals surface area contributed by atoms with Gasteiger partial charge in [-0.15, -0.1) is 0 Å². The van der Waals surface area contributed by atoms with E-state index in [1.165, 1.54) is 5.57 Å². The largest absolute Gasteiger partial charge is 1.00 e. The first-order valence-corrected chi connectivity index (χ1v) is 11.3. The molecule has 2 heterocycles. The van der Waals surface area contributed by atoms with Crippen LogP contribution in [0.25, 0.3) is 0 Å². The summed E-state index contributed by atoms with van der Waals surface area (Å²) in [6, 6.07) is 0.528. The number of fused-ring (bicyclic) bond motifs is 5. The Hall–Kier alpha value is 0.556. The van der Waals surface area contributed by atoms with E-state index in [9.17, 15) is 14.7 Å². The molecule has 5 atom stereocenters. The molecule has 2 aliphatic heterocycles. The van der Waals surface area contributed by atoms with Crippen molar-refractivity contribution in [1.82, 2.24) is 4.90 Å². The molecule has 2 saturated heterocycles. The first kappa shape index (κ1) is 29.6. The molecule has 2 unspecified atom stereocenters. The molecule has 0 bridgehead atoms. The van der Waals surface area contributed by atoms with Gasteiger partial charge in [-0.2, -0.15) is 7.11 Å². The Balaban J connectivity index is 0.000000740. The fraction of sp³-hybridized carbons (Fsp3) is 0.833. The van der Waals surface area contributed by atoms with Gasteiger partial charge in [0.25, 0.3) is 0 Å². The maximum Gasteiger partial charge on any atom is 1.00 e. The number of allylic oxidation sites excluding steroid dienone is 2. The Morgan fingerprint density at radius 2 is 1.87 bits per heavy atom. The molecule has 0 aromatic carbocycles. The number of hydrogen-bond donors (Lipinski definition) is 1. The van der Waals surface area contributed by atoms with E-state index in [4.69, 9.17) is 5.11 Å². The summed E-state index contributed by atoms with van der Waals surface area (Å²) in [6.45, 7) is 4.79. The van der Waals surface area contributed by atoms with Crippen molar-refractivity contribution in [3.63, 3.8) is 0 Å². The van der Waals surface area contributed by atoms with Gasteiger partial charge in [0.05, 0.1) is 5.60 Å². The minimum Gasteiger partial charge on any atom is -0.857 e. The summed E-state index contributed by atoms with van der Waals surface area (Å²) in [4.78, 5) is 25.8. The topological polar surface area (TPSA) is 89.9 Å². The number of rotatable bonds is 3. The Kier molecular flexibility index (Phi) is 12.3. The van der Waals surface area contributed by atoms with Gasteiger partial charge in [0.2, 0.25) is 0 Å². The molecule has 0 aromatic rings. The predicted molar refractivity (Wildman–Crippen MR) is 115 cm³/mol. The smallest absolute Gasteiger partial charge is 0.857 e. The molecular weight excluding hydrogens is 421 g/mol. The summed E-state index contributed by atoms with van der Waals surface area (Å²) in [5.74, 6) is 1.69. The zero-order valence-electron chi connectivity index (χ0n) is 20.4. The average molecular weight is 462 g/mol. The van der Waals surface area contributed by atoms with Crippen LogP contribution in [0, 0.1) is 11.8 Å². The van der Waals surface area contributed by atoms with Gasteiger partial charge in [0.1, 0.15) is 5.78 Å². The maximum atomic E-state index is 11.8. The summed E-state index contributed by atoms with van der Waals surface area (Å²) in [7, 11) is 4.00. The number of ether oxygens (including phenoxy) is 1. The monoisotopic (exact) mass is 461 g/mol. The maximum absolute atomic E-state index is 11.8. The molecule has 2 aliphatic carbocycles. The number of Topliss-reactive ketones (excluding diaryl/α,β-unsaturated/α-hetero) is 1. The molecule has 6 nitrogen and oxygen atoms in total. The van der Waals surface area contributed by atoms with E-state index in [1.54, 1.807) is 21.1 Å². The van der Waals surface area contributed by atoms with Crippen molar-refractivity contribution in [2.45, 2.75) is 88.8 Å². The Labute approximate surface area is 230 Å². The molecule has 31 heavy (non-hydrogen) atoms. The Morgan fingerprint density at radius 1 is 1.23 bits per heavy atom. The van der Waals surface area contributed by atoms with Gasteiger partial charge in [0, 0.05) is 45.2 Å². The van der Waals surface area contributed by atoms with E-state index >= 15 is 0 Å². The molecule has 0 radical (unpaired) electrons. The minimum atomic E-state index is -0.734. The zero-order valence-corrected chi connectivity index (χ0v) is 23.5. The number of ketones is 2. The van der Waals surface area contributed by atoms with Crippen LogP contribution in [-0.2, 0) is 14.3 Å².